The molecule has 0 aromatic rings. The van der Waals surface area contributed by atoms with Crippen molar-refractivity contribution in [1.29, 1.82) is 0 Å². The van der Waals surface area contributed by atoms with Crippen molar-refractivity contribution in [2.24, 2.45) is 0 Å². The van der Waals surface area contributed by atoms with Crippen molar-refractivity contribution in [3.8, 4) is 0 Å². The first-order chi connectivity index (χ1) is 20.1. The highest BCUT2D eigenvalue weighted by molar-refractivity contribution is 7.45. The van der Waals surface area contributed by atoms with E-state index in [1.165, 1.54) is 6.08 Å². The lowest BCUT2D eigenvalue weighted by Crippen LogP contribution is -2.37. The molecule has 0 aliphatic carbocycles. The van der Waals surface area contributed by atoms with Crippen LogP contribution in [0.5, 0.6) is 0 Å². The third-order valence-corrected chi connectivity index (χ3v) is 6.74. The number of aliphatic hydroxyl groups excluding tert-OH is 3. The van der Waals surface area contributed by atoms with Crippen molar-refractivity contribution in [3.05, 3.63) is 48.6 Å². The van der Waals surface area contributed by atoms with Crippen LogP contribution < -0.4 is 4.89 Å². The molecule has 0 amide bonds. The highest BCUT2D eigenvalue weighted by Crippen LogP contribution is 2.38. The van der Waals surface area contributed by atoms with E-state index < -0.39 is 57.4 Å². The summed E-state index contributed by atoms with van der Waals surface area (Å²) in [7, 11) is 0.927. The van der Waals surface area contributed by atoms with Crippen LogP contribution in [0.3, 0.4) is 0 Å². The Morgan fingerprint density at radius 1 is 0.884 bits per heavy atom. The van der Waals surface area contributed by atoms with Crippen LogP contribution in [0, 0.1) is 0 Å². The number of hydrogen-bond acceptors (Lipinski definition) is 11. The molecule has 0 saturated heterocycles. The lowest BCUT2D eigenvalue weighted by atomic mass is 10.1. The zero-order valence-electron chi connectivity index (χ0n) is 26.2. The van der Waals surface area contributed by atoms with Gasteiger partial charge in [0.05, 0.1) is 46.1 Å². The minimum Gasteiger partial charge on any atom is -0.756 e. The number of aliphatic hydroxyl groups is 3. The summed E-state index contributed by atoms with van der Waals surface area (Å²) in [6.07, 6.45) is 13.6. The minimum atomic E-state index is -4.68. The van der Waals surface area contributed by atoms with Crippen molar-refractivity contribution in [3.63, 3.8) is 0 Å². The predicted molar refractivity (Wildman–Crippen MR) is 161 cm³/mol. The molecule has 5 atom stereocenters. The molecule has 0 aromatic heterocycles. The van der Waals surface area contributed by atoms with Gasteiger partial charge in [0.2, 0.25) is 0 Å². The molecular formula is C30H52NO11P. The van der Waals surface area contributed by atoms with Gasteiger partial charge in [0.25, 0.3) is 7.82 Å². The van der Waals surface area contributed by atoms with Crippen LogP contribution in [-0.2, 0) is 32.7 Å². The van der Waals surface area contributed by atoms with E-state index in [2.05, 4.69) is 6.92 Å². The number of unbranched alkanes of at least 4 members (excludes halogenated alkanes) is 2. The van der Waals surface area contributed by atoms with Crippen molar-refractivity contribution in [1.82, 2.24) is 0 Å². The Balaban J connectivity index is 4.54. The molecule has 0 rings (SSSR count). The summed E-state index contributed by atoms with van der Waals surface area (Å²) in [5.74, 6) is -1.37. The number of rotatable bonds is 24. The van der Waals surface area contributed by atoms with Crippen molar-refractivity contribution < 1.29 is 57.4 Å². The van der Waals surface area contributed by atoms with E-state index in [-0.39, 0.29) is 25.9 Å². The summed E-state index contributed by atoms with van der Waals surface area (Å²) in [5, 5.41) is 30.1. The number of ether oxygens (including phenoxy) is 2. The zero-order valence-corrected chi connectivity index (χ0v) is 27.1. The van der Waals surface area contributed by atoms with Gasteiger partial charge in [0, 0.05) is 13.3 Å². The minimum absolute atomic E-state index is 0.0939. The van der Waals surface area contributed by atoms with E-state index in [9.17, 15) is 34.4 Å². The van der Waals surface area contributed by atoms with Gasteiger partial charge >= 0.3 is 11.9 Å². The van der Waals surface area contributed by atoms with Gasteiger partial charge in [-0.3, -0.25) is 14.2 Å². The number of hydrogen-bond donors (Lipinski definition) is 3. The molecule has 43 heavy (non-hydrogen) atoms. The second-order valence-electron chi connectivity index (χ2n) is 11.1. The van der Waals surface area contributed by atoms with E-state index in [4.69, 9.17) is 18.5 Å². The molecule has 3 N–H and O–H groups in total. The van der Waals surface area contributed by atoms with Crippen LogP contribution in [0.2, 0.25) is 0 Å². The number of esters is 2. The van der Waals surface area contributed by atoms with Crippen LogP contribution in [-0.4, -0.2) is 104 Å². The topological polar surface area (TPSA) is 172 Å². The maximum Gasteiger partial charge on any atom is 0.306 e. The zero-order chi connectivity index (χ0) is 32.7. The Morgan fingerprint density at radius 2 is 1.51 bits per heavy atom. The summed E-state index contributed by atoms with van der Waals surface area (Å²) in [6.45, 7) is 2.57. The van der Waals surface area contributed by atoms with Gasteiger partial charge in [0.1, 0.15) is 19.8 Å². The van der Waals surface area contributed by atoms with Gasteiger partial charge in [-0.25, -0.2) is 0 Å². The first kappa shape index (κ1) is 40.9. The maximum absolute atomic E-state index is 12.3. The molecule has 0 saturated carbocycles. The average Bonchev–Trinajstić information content (AvgIpc) is 2.90. The number of carbonyl (C=O) groups is 2. The predicted octanol–water partition coefficient (Wildman–Crippen LogP) is 2.73. The number of phosphoric ester groups is 1. The van der Waals surface area contributed by atoms with Gasteiger partial charge < -0.3 is 43.2 Å². The van der Waals surface area contributed by atoms with Crippen LogP contribution in [0.15, 0.2) is 48.6 Å². The molecule has 0 aliphatic rings. The average molecular weight is 634 g/mol. The molecule has 0 aromatic carbocycles. The van der Waals surface area contributed by atoms with E-state index in [1.807, 2.05) is 21.1 Å². The van der Waals surface area contributed by atoms with Crippen molar-refractivity contribution in [2.75, 3.05) is 47.5 Å². The Morgan fingerprint density at radius 3 is 2.12 bits per heavy atom. The highest BCUT2D eigenvalue weighted by atomic mass is 31.2. The lowest BCUT2D eigenvalue weighted by molar-refractivity contribution is -0.870. The molecule has 0 bridgehead atoms. The molecule has 0 radical (unpaired) electrons. The monoisotopic (exact) mass is 633 g/mol. The SMILES string of the molecule is CCCCC[C@H](O)/C=C/C=C\C=C\C=C\[C@H](O)[C@@H](O)CCCC(=O)O[C@H](COC(C)=O)COP(=O)([O-])OCC[N+](C)(C)C. The molecule has 13 heteroatoms. The summed E-state index contributed by atoms with van der Waals surface area (Å²) >= 11 is 0. The smallest absolute Gasteiger partial charge is 0.306 e. The van der Waals surface area contributed by atoms with Gasteiger partial charge in [-0.2, -0.15) is 0 Å². The second kappa shape index (κ2) is 23.3. The Hall–Kier alpha value is -2.15. The third-order valence-electron chi connectivity index (χ3n) is 5.78. The van der Waals surface area contributed by atoms with Crippen molar-refractivity contribution in [2.45, 2.75) is 83.2 Å². The van der Waals surface area contributed by atoms with E-state index in [0.29, 0.717) is 11.0 Å². The van der Waals surface area contributed by atoms with Crippen LogP contribution >= 0.6 is 7.82 Å². The number of nitrogens with zero attached hydrogens (tertiary/aromatic N) is 1. The molecule has 248 valence electrons. The number of phosphoric acid groups is 1. The number of carbonyl (C=O) groups excluding carboxylic acids is 2. The normalized spacial score (nSPS) is 17.0. The Bertz CT molecular complexity index is 943. The van der Waals surface area contributed by atoms with E-state index in [0.717, 1.165) is 32.6 Å². The highest BCUT2D eigenvalue weighted by Gasteiger charge is 2.22. The van der Waals surface area contributed by atoms with E-state index >= 15 is 0 Å². The fraction of sp³-hybridized carbons (Fsp3) is 0.667. The summed E-state index contributed by atoms with van der Waals surface area (Å²) < 4.78 is 32.2. The number of quaternary nitrogens is 1. The lowest BCUT2D eigenvalue weighted by Gasteiger charge is -2.28. The Labute approximate surface area is 256 Å². The van der Waals surface area contributed by atoms with Crippen LogP contribution in [0.1, 0.15) is 58.8 Å². The van der Waals surface area contributed by atoms with Gasteiger partial charge in [-0.05, 0) is 19.3 Å². The molecule has 0 spiro atoms. The molecule has 0 fully saturated rings. The number of likely N-dealkylation sites (N-methyl/N-ethyl adjacent to an activating group) is 1. The second-order valence-corrected chi connectivity index (χ2v) is 12.5. The molecule has 1 unspecified atom stereocenters. The van der Waals surface area contributed by atoms with Crippen molar-refractivity contribution >= 4 is 19.8 Å². The van der Waals surface area contributed by atoms with Crippen LogP contribution in [0.4, 0.5) is 0 Å². The quantitative estimate of drug-likeness (QED) is 0.0469. The van der Waals surface area contributed by atoms with Gasteiger partial charge in [-0.15, -0.1) is 0 Å². The fourth-order valence-electron chi connectivity index (χ4n) is 3.29. The van der Waals surface area contributed by atoms with E-state index in [1.54, 1.807) is 42.5 Å². The maximum atomic E-state index is 12.3. The standard InChI is InChI=1S/C30H52NO11P/c1-6-7-12-16-26(33)17-13-10-8-9-11-14-18-28(34)29(35)19-15-20-30(36)42-27(23-39-25(2)32)24-41-43(37,38)40-22-21-31(3,4)5/h8-11,13-14,17-18,26-29,33-35H,6-7,12,15-16,19-24H2,1-5H3/b10-8-,11-9+,17-13+,18-14+/t26-,27+,28-,29-/m0/s1. The molecule has 0 heterocycles. The summed E-state index contributed by atoms with van der Waals surface area (Å²) in [5.41, 5.74) is 0. The van der Waals surface area contributed by atoms with Gasteiger partial charge in [0.15, 0.2) is 6.10 Å². The summed E-state index contributed by atoms with van der Waals surface area (Å²) in [6, 6.07) is 0. The van der Waals surface area contributed by atoms with Crippen LogP contribution in [0.25, 0.3) is 0 Å². The number of allylic oxidation sites excluding steroid dienone is 6. The molecule has 0 aliphatic heterocycles. The van der Waals surface area contributed by atoms with Gasteiger partial charge in [-0.1, -0.05) is 74.8 Å². The fourth-order valence-corrected chi connectivity index (χ4v) is 4.02. The molecule has 12 nitrogen and oxygen atoms in total. The first-order valence-electron chi connectivity index (χ1n) is 14.6. The Kier molecular flexibility index (Phi) is 22.1. The third kappa shape index (κ3) is 26.0. The molecular weight excluding hydrogens is 581 g/mol. The first-order valence-corrected chi connectivity index (χ1v) is 16.1. The largest absolute Gasteiger partial charge is 0.756 e. The summed E-state index contributed by atoms with van der Waals surface area (Å²) in [4.78, 5) is 35.5.